The normalized spacial score (nSPS) is 12.8. The molecule has 0 bridgehead atoms. The molecule has 0 aliphatic carbocycles. The maximum absolute atomic E-state index is 13.5. The van der Waals surface area contributed by atoms with Crippen molar-refractivity contribution in [3.05, 3.63) is 126 Å². The Kier molecular flexibility index (Phi) is 11.9. The van der Waals surface area contributed by atoms with E-state index in [1.807, 2.05) is 125 Å². The summed E-state index contributed by atoms with van der Waals surface area (Å²) >= 11 is 0. The van der Waals surface area contributed by atoms with Gasteiger partial charge in [-0.1, -0.05) is 88.4 Å². The highest BCUT2D eigenvalue weighted by Gasteiger charge is 2.44. The number of benzene rings is 4. The number of nitrogens with two attached hydrogens (primary N) is 2. The summed E-state index contributed by atoms with van der Waals surface area (Å²) in [5.74, 6) is -1.07. The molecule has 12 heteroatoms. The van der Waals surface area contributed by atoms with E-state index in [0.29, 0.717) is 35.0 Å². The number of aromatic nitrogens is 1. The Morgan fingerprint density at radius 2 is 1.26 bits per heavy atom. The van der Waals surface area contributed by atoms with Crippen molar-refractivity contribution >= 4 is 35.5 Å². The molecule has 0 radical (unpaired) electrons. The van der Waals surface area contributed by atoms with Crippen molar-refractivity contribution in [2.24, 2.45) is 23.3 Å². The molecule has 5 aromatic rings. The number of carbonyl (C=O) groups is 4. The maximum atomic E-state index is 13.5. The Bertz CT molecular complexity index is 2030. The molecule has 0 aliphatic heterocycles. The van der Waals surface area contributed by atoms with E-state index in [1.54, 1.807) is 12.1 Å². The first kappa shape index (κ1) is 37.8. The van der Waals surface area contributed by atoms with Crippen LogP contribution in [-0.2, 0) is 31.9 Å². The summed E-state index contributed by atoms with van der Waals surface area (Å²) in [6, 6.07) is 33.2. The zero-order chi connectivity index (χ0) is 38.1. The van der Waals surface area contributed by atoms with E-state index in [9.17, 15) is 19.2 Å². The lowest BCUT2D eigenvalue weighted by Crippen LogP contribution is -2.54. The average Bonchev–Trinajstić information content (AvgIpc) is 3.54. The summed E-state index contributed by atoms with van der Waals surface area (Å²) in [5.41, 5.74) is 14.3. The van der Waals surface area contributed by atoms with Gasteiger partial charge in [0.25, 0.3) is 0 Å². The Balaban J connectivity index is 1.45. The molecule has 53 heavy (non-hydrogen) atoms. The van der Waals surface area contributed by atoms with Gasteiger partial charge in [-0.15, -0.1) is 0 Å². The van der Waals surface area contributed by atoms with Gasteiger partial charge in [0.2, 0.25) is 5.89 Å². The van der Waals surface area contributed by atoms with Crippen LogP contribution in [0.25, 0.3) is 22.8 Å². The van der Waals surface area contributed by atoms with Crippen LogP contribution in [0.4, 0.5) is 21.0 Å². The van der Waals surface area contributed by atoms with Gasteiger partial charge in [0, 0.05) is 35.3 Å². The first-order valence-electron chi connectivity index (χ1n) is 17.2. The SMILES string of the molecule is CC(C)[C@H](Nc1ccc(-c2oc(-c3ccc(N[C@](Cc4ccccc4)(C(=O)OC(N)=O)C(C)C)cc3)nc2Cc2ccccc2)cc1)C(=O)OC(N)=O. The number of carbonyl (C=O) groups excluding carboxylic acids is 4. The standard InChI is InChI=1S/C41H43N5O7/c1-25(2)34(37(47)52-39(42)49)44-31-19-15-29(16-20-31)35-33(23-27-11-7-5-8-12-27)45-36(51-35)30-17-21-32(22-18-30)46-41(26(3)4,38(48)53-40(43)50)24-28-13-9-6-10-14-28/h5-22,25-26,34,44,46H,23-24H2,1-4H3,(H2,42,49)(H2,43,50)/t34-,41-/m0/s1. The number of oxazole rings is 1. The molecule has 0 aliphatic rings. The predicted octanol–water partition coefficient (Wildman–Crippen LogP) is 7.33. The predicted molar refractivity (Wildman–Crippen MR) is 202 cm³/mol. The van der Waals surface area contributed by atoms with E-state index >= 15 is 0 Å². The third-order valence-corrected chi connectivity index (χ3v) is 8.87. The zero-order valence-electron chi connectivity index (χ0n) is 30.0. The van der Waals surface area contributed by atoms with Gasteiger partial charge in [-0.2, -0.15) is 0 Å². The number of hydrogen-bond donors (Lipinski definition) is 4. The minimum absolute atomic E-state index is 0.188. The highest BCUT2D eigenvalue weighted by molar-refractivity contribution is 5.93. The van der Waals surface area contributed by atoms with Crippen LogP contribution in [0.15, 0.2) is 114 Å². The average molecular weight is 718 g/mol. The Morgan fingerprint density at radius 1 is 0.717 bits per heavy atom. The quantitative estimate of drug-likeness (QED) is 0.0669. The molecular formula is C41H43N5O7. The third-order valence-electron chi connectivity index (χ3n) is 8.87. The van der Waals surface area contributed by atoms with E-state index < -0.39 is 35.7 Å². The molecule has 5 rings (SSSR count). The molecule has 0 fully saturated rings. The molecule has 2 atom stereocenters. The number of ether oxygens (including phenoxy) is 2. The van der Waals surface area contributed by atoms with E-state index in [-0.39, 0.29) is 18.3 Å². The van der Waals surface area contributed by atoms with Gasteiger partial charge >= 0.3 is 24.1 Å². The minimum atomic E-state index is -1.31. The summed E-state index contributed by atoms with van der Waals surface area (Å²) in [6.07, 6.45) is -1.58. The molecule has 12 nitrogen and oxygen atoms in total. The zero-order valence-corrected chi connectivity index (χ0v) is 30.0. The van der Waals surface area contributed by atoms with E-state index in [1.165, 1.54) is 0 Å². The Hall–Kier alpha value is -6.43. The first-order chi connectivity index (χ1) is 25.3. The molecule has 1 heterocycles. The van der Waals surface area contributed by atoms with Crippen molar-refractivity contribution in [2.75, 3.05) is 10.6 Å². The van der Waals surface area contributed by atoms with Crippen molar-refractivity contribution in [1.29, 1.82) is 0 Å². The van der Waals surface area contributed by atoms with Crippen molar-refractivity contribution in [3.63, 3.8) is 0 Å². The number of amides is 2. The topological polar surface area (TPSA) is 189 Å². The van der Waals surface area contributed by atoms with Gasteiger partial charge in [-0.3, -0.25) is 0 Å². The monoisotopic (exact) mass is 717 g/mol. The molecular weight excluding hydrogens is 674 g/mol. The van der Waals surface area contributed by atoms with Crippen LogP contribution in [0, 0.1) is 11.8 Å². The molecule has 2 amide bonds. The molecule has 0 spiro atoms. The Labute approximate surface area is 307 Å². The second kappa shape index (κ2) is 16.7. The van der Waals surface area contributed by atoms with Crippen molar-refractivity contribution in [1.82, 2.24) is 4.98 Å². The number of rotatable bonds is 14. The van der Waals surface area contributed by atoms with Crippen LogP contribution in [0.2, 0.25) is 0 Å². The lowest BCUT2D eigenvalue weighted by molar-refractivity contribution is -0.144. The number of esters is 2. The Morgan fingerprint density at radius 3 is 1.81 bits per heavy atom. The van der Waals surface area contributed by atoms with Gasteiger partial charge in [0.1, 0.15) is 11.6 Å². The van der Waals surface area contributed by atoms with Crippen molar-refractivity contribution < 1.29 is 33.1 Å². The van der Waals surface area contributed by atoms with Gasteiger partial charge < -0.3 is 36.0 Å². The molecule has 0 saturated heterocycles. The van der Waals surface area contributed by atoms with Gasteiger partial charge in [0.05, 0.1) is 5.69 Å². The number of anilines is 2. The molecule has 0 unspecified atom stereocenters. The minimum Gasteiger partial charge on any atom is -0.436 e. The fourth-order valence-corrected chi connectivity index (χ4v) is 5.97. The van der Waals surface area contributed by atoms with E-state index in [2.05, 4.69) is 15.4 Å². The molecule has 0 saturated carbocycles. The van der Waals surface area contributed by atoms with Crippen LogP contribution in [0.3, 0.4) is 0 Å². The van der Waals surface area contributed by atoms with Crippen molar-refractivity contribution in [2.45, 2.75) is 52.1 Å². The number of nitrogens with one attached hydrogen (secondary N) is 2. The van der Waals surface area contributed by atoms with Crippen LogP contribution in [0.5, 0.6) is 0 Å². The first-order valence-corrected chi connectivity index (χ1v) is 17.2. The summed E-state index contributed by atoms with van der Waals surface area (Å²) in [5, 5.41) is 6.47. The smallest absolute Gasteiger partial charge is 0.412 e. The lowest BCUT2D eigenvalue weighted by atomic mass is 9.80. The van der Waals surface area contributed by atoms with Crippen LogP contribution in [-0.4, -0.2) is 40.7 Å². The van der Waals surface area contributed by atoms with E-state index in [0.717, 1.165) is 22.4 Å². The lowest BCUT2D eigenvalue weighted by Gasteiger charge is -2.36. The maximum Gasteiger partial charge on any atom is 0.412 e. The molecule has 4 aromatic carbocycles. The summed E-state index contributed by atoms with van der Waals surface area (Å²) < 4.78 is 16.0. The molecule has 6 N–H and O–H groups in total. The van der Waals surface area contributed by atoms with Crippen molar-refractivity contribution in [3.8, 4) is 22.8 Å². The second-order valence-electron chi connectivity index (χ2n) is 13.3. The van der Waals surface area contributed by atoms with Crippen LogP contribution in [0.1, 0.15) is 44.5 Å². The largest absolute Gasteiger partial charge is 0.436 e. The molecule has 274 valence electrons. The summed E-state index contributed by atoms with van der Waals surface area (Å²) in [7, 11) is 0. The van der Waals surface area contributed by atoms with Crippen LogP contribution >= 0.6 is 0 Å². The van der Waals surface area contributed by atoms with Crippen LogP contribution < -0.4 is 22.1 Å². The third kappa shape index (κ3) is 9.47. The summed E-state index contributed by atoms with van der Waals surface area (Å²) in [6.45, 7) is 7.40. The van der Waals surface area contributed by atoms with Gasteiger partial charge in [-0.05, 0) is 71.5 Å². The molecule has 1 aromatic heterocycles. The second-order valence-corrected chi connectivity index (χ2v) is 13.3. The number of primary amides is 2. The van der Waals surface area contributed by atoms with Gasteiger partial charge in [0.15, 0.2) is 5.76 Å². The highest BCUT2D eigenvalue weighted by atomic mass is 16.6. The van der Waals surface area contributed by atoms with Gasteiger partial charge in [-0.25, -0.2) is 24.2 Å². The summed E-state index contributed by atoms with van der Waals surface area (Å²) in [4.78, 5) is 53.7. The number of hydrogen-bond acceptors (Lipinski definition) is 10. The van der Waals surface area contributed by atoms with E-state index in [4.69, 9.17) is 25.6 Å². The fourth-order valence-electron chi connectivity index (χ4n) is 5.97. The number of nitrogens with zero attached hydrogens (tertiary/aromatic N) is 1. The fraction of sp³-hybridized carbons (Fsp3) is 0.244. The highest BCUT2D eigenvalue weighted by Crippen LogP contribution is 2.34.